The molecule has 0 saturated carbocycles. The molecular weight excluding hydrogens is 486 g/mol. The van der Waals surface area contributed by atoms with Gasteiger partial charge in [0.05, 0.1) is 0 Å². The molecule has 0 radical (unpaired) electrons. The lowest BCUT2D eigenvalue weighted by atomic mass is 9.82. The van der Waals surface area contributed by atoms with Gasteiger partial charge < -0.3 is 5.32 Å². The summed E-state index contributed by atoms with van der Waals surface area (Å²) in [7, 11) is 0. The second-order valence-corrected chi connectivity index (χ2v) is 10.5. The van der Waals surface area contributed by atoms with Gasteiger partial charge in [0, 0.05) is 23.9 Å². The summed E-state index contributed by atoms with van der Waals surface area (Å²) < 4.78 is 0. The fourth-order valence-electron chi connectivity index (χ4n) is 5.77. The standard InChI is InChI=1S/C32H26O.C6H7N/c33-32(26-12-10-23(11-13-26)20-22-6-2-1-3-7-22)27-15-14-25-17-18-29-28-9-5-4-8-24(28)16-19-30(29)31(25)21-27;1-2-4-6-7-5-3-1/h1-13,17-19,21,27H,14-16,20H2;1-7H. The van der Waals surface area contributed by atoms with Crippen molar-refractivity contribution < 1.29 is 4.79 Å². The Kier molecular flexibility index (Phi) is 7.68. The van der Waals surface area contributed by atoms with Crippen molar-refractivity contribution in [2.45, 2.75) is 25.7 Å². The molecule has 4 aromatic rings. The van der Waals surface area contributed by atoms with Gasteiger partial charge >= 0.3 is 0 Å². The van der Waals surface area contributed by atoms with Gasteiger partial charge in [0.15, 0.2) is 5.78 Å². The fraction of sp³-hybridized carbons (Fsp3) is 0.132. The van der Waals surface area contributed by atoms with Crippen LogP contribution in [0, 0.1) is 5.92 Å². The minimum Gasteiger partial charge on any atom is -0.368 e. The second-order valence-electron chi connectivity index (χ2n) is 10.5. The van der Waals surface area contributed by atoms with Crippen LogP contribution in [-0.2, 0) is 19.3 Å². The fourth-order valence-corrected chi connectivity index (χ4v) is 5.77. The average molecular weight is 520 g/mol. The van der Waals surface area contributed by atoms with E-state index in [0.29, 0.717) is 0 Å². The zero-order chi connectivity index (χ0) is 27.1. The summed E-state index contributed by atoms with van der Waals surface area (Å²) in [4.78, 5) is 13.4. The van der Waals surface area contributed by atoms with Crippen LogP contribution >= 0.6 is 0 Å². The number of ketones is 1. The lowest BCUT2D eigenvalue weighted by Gasteiger charge is -2.21. The Balaban J connectivity index is 0.000000363. The van der Waals surface area contributed by atoms with Crippen molar-refractivity contribution in [3.05, 3.63) is 166 Å². The third kappa shape index (κ3) is 5.67. The highest BCUT2D eigenvalue weighted by Crippen LogP contribution is 2.26. The third-order valence-electron chi connectivity index (χ3n) is 7.85. The Morgan fingerprint density at radius 2 is 1.40 bits per heavy atom. The van der Waals surface area contributed by atoms with E-state index in [-0.39, 0.29) is 11.7 Å². The van der Waals surface area contributed by atoms with Crippen LogP contribution in [0.5, 0.6) is 0 Å². The van der Waals surface area contributed by atoms with Gasteiger partial charge in [-0.1, -0.05) is 115 Å². The molecule has 1 aliphatic heterocycles. The predicted molar refractivity (Wildman–Crippen MR) is 166 cm³/mol. The second kappa shape index (κ2) is 12.0. The van der Waals surface area contributed by atoms with Crippen molar-refractivity contribution in [2.24, 2.45) is 5.92 Å². The molecule has 0 bridgehead atoms. The smallest absolute Gasteiger partial charge is 0.169 e. The normalized spacial score (nSPS) is 15.9. The molecule has 1 unspecified atom stereocenters. The highest BCUT2D eigenvalue weighted by molar-refractivity contribution is 6.01. The summed E-state index contributed by atoms with van der Waals surface area (Å²) in [6.07, 6.45) is 19.8. The first-order valence-corrected chi connectivity index (χ1v) is 14.1. The van der Waals surface area contributed by atoms with E-state index in [9.17, 15) is 4.79 Å². The Morgan fingerprint density at radius 3 is 2.20 bits per heavy atom. The van der Waals surface area contributed by atoms with Crippen LogP contribution in [0.3, 0.4) is 0 Å². The van der Waals surface area contributed by atoms with Crippen LogP contribution in [0.15, 0.2) is 128 Å². The van der Waals surface area contributed by atoms with E-state index in [1.807, 2.05) is 54.9 Å². The van der Waals surface area contributed by atoms with E-state index < -0.39 is 0 Å². The van der Waals surface area contributed by atoms with E-state index in [1.165, 1.54) is 43.8 Å². The van der Waals surface area contributed by atoms with Crippen molar-refractivity contribution in [2.75, 3.05) is 0 Å². The monoisotopic (exact) mass is 519 g/mol. The van der Waals surface area contributed by atoms with Crippen molar-refractivity contribution in [1.82, 2.24) is 5.32 Å². The minimum absolute atomic E-state index is 0.0606. The van der Waals surface area contributed by atoms with E-state index in [0.717, 1.165) is 31.2 Å². The molecular formula is C38H33NO. The summed E-state index contributed by atoms with van der Waals surface area (Å²) in [5.41, 5.74) is 8.71. The van der Waals surface area contributed by atoms with E-state index in [4.69, 9.17) is 0 Å². The molecule has 2 aliphatic carbocycles. The first-order chi connectivity index (χ1) is 19.8. The molecule has 1 heterocycles. The molecule has 1 atom stereocenters. The maximum absolute atomic E-state index is 13.4. The number of benzene rings is 4. The van der Waals surface area contributed by atoms with E-state index in [1.54, 1.807) is 0 Å². The molecule has 0 saturated heterocycles. The number of rotatable bonds is 4. The number of fused-ring (bicyclic) bond motifs is 5. The van der Waals surface area contributed by atoms with Crippen molar-refractivity contribution in [3.63, 3.8) is 0 Å². The molecule has 196 valence electrons. The van der Waals surface area contributed by atoms with Gasteiger partial charge in [-0.15, -0.1) is 0 Å². The van der Waals surface area contributed by atoms with Gasteiger partial charge in [0.25, 0.3) is 0 Å². The van der Waals surface area contributed by atoms with Gasteiger partial charge in [0.1, 0.15) is 0 Å². The Morgan fingerprint density at radius 1 is 0.675 bits per heavy atom. The van der Waals surface area contributed by atoms with Gasteiger partial charge in [-0.25, -0.2) is 0 Å². The number of carbonyl (C=O) groups is 1. The predicted octanol–water partition coefficient (Wildman–Crippen LogP) is 6.68. The van der Waals surface area contributed by atoms with Gasteiger partial charge in [-0.05, 0) is 81.7 Å². The zero-order valence-corrected chi connectivity index (χ0v) is 22.6. The highest BCUT2D eigenvalue weighted by Gasteiger charge is 2.23. The van der Waals surface area contributed by atoms with Gasteiger partial charge in [-0.3, -0.25) is 4.79 Å². The SMILES string of the molecule is C1=CC=CNC=C1.O=C(c1ccc(Cc2ccccc2)cc1)C1C=c2c(ccc3c2=CCc2ccccc2-3)CC1. The summed E-state index contributed by atoms with van der Waals surface area (Å²) in [6, 6.07) is 31.9. The summed E-state index contributed by atoms with van der Waals surface area (Å²) >= 11 is 0. The summed E-state index contributed by atoms with van der Waals surface area (Å²) in [5.74, 6) is 0.176. The van der Waals surface area contributed by atoms with Crippen molar-refractivity contribution in [3.8, 4) is 11.1 Å². The molecule has 0 fully saturated rings. The Bertz CT molecular complexity index is 1710. The first-order valence-electron chi connectivity index (χ1n) is 14.1. The number of carbonyl (C=O) groups excluding carboxylic acids is 1. The molecule has 0 amide bonds. The van der Waals surface area contributed by atoms with Crippen LogP contribution < -0.4 is 15.8 Å². The molecule has 0 aromatic heterocycles. The quantitative estimate of drug-likeness (QED) is 0.305. The number of Topliss-reactive ketones (excluding diaryl/α,β-unsaturated/α-hetero) is 1. The number of allylic oxidation sites excluding steroid dienone is 4. The van der Waals surface area contributed by atoms with Crippen molar-refractivity contribution >= 4 is 17.9 Å². The largest absolute Gasteiger partial charge is 0.368 e. The highest BCUT2D eigenvalue weighted by atomic mass is 16.1. The van der Waals surface area contributed by atoms with Crippen LogP contribution in [0.2, 0.25) is 0 Å². The lowest BCUT2D eigenvalue weighted by molar-refractivity contribution is 0.0947. The minimum atomic E-state index is -0.0606. The molecule has 4 aromatic carbocycles. The van der Waals surface area contributed by atoms with Crippen LogP contribution in [0.4, 0.5) is 0 Å². The number of hydrogen-bond acceptors (Lipinski definition) is 2. The molecule has 7 rings (SSSR count). The third-order valence-corrected chi connectivity index (χ3v) is 7.85. The van der Waals surface area contributed by atoms with Crippen molar-refractivity contribution in [1.29, 1.82) is 0 Å². The molecule has 2 heteroatoms. The van der Waals surface area contributed by atoms with Crippen LogP contribution in [-0.4, -0.2) is 5.78 Å². The molecule has 40 heavy (non-hydrogen) atoms. The van der Waals surface area contributed by atoms with E-state index in [2.05, 4.69) is 90.3 Å². The average Bonchev–Trinajstić information content (AvgIpc) is 3.35. The topological polar surface area (TPSA) is 29.1 Å². The first kappa shape index (κ1) is 25.6. The van der Waals surface area contributed by atoms with E-state index >= 15 is 0 Å². The lowest BCUT2D eigenvalue weighted by Crippen LogP contribution is -2.37. The summed E-state index contributed by atoms with van der Waals surface area (Å²) in [5, 5.41) is 5.50. The molecule has 0 spiro atoms. The van der Waals surface area contributed by atoms with Crippen LogP contribution in [0.1, 0.15) is 39.0 Å². The summed E-state index contributed by atoms with van der Waals surface area (Å²) in [6.45, 7) is 0. The van der Waals surface area contributed by atoms with Gasteiger partial charge in [0.2, 0.25) is 0 Å². The number of nitrogens with one attached hydrogen (secondary N) is 1. The van der Waals surface area contributed by atoms with Gasteiger partial charge in [-0.2, -0.15) is 0 Å². The molecule has 3 aliphatic rings. The maximum Gasteiger partial charge on any atom is 0.169 e. The molecule has 2 nitrogen and oxygen atoms in total. The number of hydrogen-bond donors (Lipinski definition) is 1. The maximum atomic E-state index is 13.4. The Hall–Kier alpha value is -4.69. The number of aryl methyl sites for hydroxylation is 1. The molecule has 1 N–H and O–H groups in total. The Labute approximate surface area is 236 Å². The van der Waals surface area contributed by atoms with Crippen LogP contribution in [0.25, 0.3) is 23.3 Å². The zero-order valence-electron chi connectivity index (χ0n) is 22.6.